The van der Waals surface area contributed by atoms with Gasteiger partial charge in [-0.05, 0) is 41.8 Å². The Bertz CT molecular complexity index is 1160. The molecule has 5 rings (SSSR count). The molecule has 6 nitrogen and oxygen atoms in total. The van der Waals surface area contributed by atoms with Gasteiger partial charge in [0.25, 0.3) is 5.91 Å². The van der Waals surface area contributed by atoms with Crippen LogP contribution < -0.4 is 5.32 Å². The van der Waals surface area contributed by atoms with E-state index in [4.69, 9.17) is 4.74 Å². The maximum atomic E-state index is 12.5. The molecule has 2 aromatic carbocycles. The van der Waals surface area contributed by atoms with Gasteiger partial charge in [-0.2, -0.15) is 5.10 Å². The summed E-state index contributed by atoms with van der Waals surface area (Å²) in [5, 5.41) is 12.7. The molecule has 0 radical (unpaired) electrons. The number of nitrogens with one attached hydrogen (secondary N) is 2. The third-order valence-corrected chi connectivity index (χ3v) is 5.18. The SMILES string of the molecule is O=C(NCC1CCCO1)c1ccc2[nH]nc(-c3ccc4ccccc4c3)c2n1. The molecule has 6 heteroatoms. The lowest BCUT2D eigenvalue weighted by Gasteiger charge is -2.10. The van der Waals surface area contributed by atoms with E-state index < -0.39 is 0 Å². The van der Waals surface area contributed by atoms with E-state index in [1.54, 1.807) is 6.07 Å². The number of aromatic amines is 1. The van der Waals surface area contributed by atoms with Crippen molar-refractivity contribution in [2.45, 2.75) is 18.9 Å². The average molecular weight is 372 g/mol. The van der Waals surface area contributed by atoms with Gasteiger partial charge in [-0.25, -0.2) is 4.98 Å². The molecule has 1 aliphatic heterocycles. The van der Waals surface area contributed by atoms with Gasteiger partial charge in [0.1, 0.15) is 16.9 Å². The number of ether oxygens (including phenoxy) is 1. The van der Waals surface area contributed by atoms with Crippen LogP contribution in [0.3, 0.4) is 0 Å². The smallest absolute Gasteiger partial charge is 0.269 e. The Morgan fingerprint density at radius 3 is 2.89 bits per heavy atom. The van der Waals surface area contributed by atoms with Crippen LogP contribution in [0.15, 0.2) is 54.6 Å². The maximum absolute atomic E-state index is 12.5. The zero-order valence-corrected chi connectivity index (χ0v) is 15.3. The Hall–Kier alpha value is -3.25. The van der Waals surface area contributed by atoms with Gasteiger partial charge in [-0.3, -0.25) is 9.89 Å². The number of H-pyrrole nitrogens is 1. The molecule has 2 N–H and O–H groups in total. The predicted octanol–water partition coefficient (Wildman–Crippen LogP) is 3.69. The van der Waals surface area contributed by atoms with E-state index in [2.05, 4.69) is 44.8 Å². The van der Waals surface area contributed by atoms with Crippen LogP contribution in [0.1, 0.15) is 23.3 Å². The summed E-state index contributed by atoms with van der Waals surface area (Å²) in [4.78, 5) is 17.1. The lowest BCUT2D eigenvalue weighted by atomic mass is 10.0. The van der Waals surface area contributed by atoms with E-state index in [1.165, 1.54) is 5.39 Å². The third kappa shape index (κ3) is 3.12. The van der Waals surface area contributed by atoms with Crippen molar-refractivity contribution in [3.8, 4) is 11.3 Å². The van der Waals surface area contributed by atoms with Crippen molar-refractivity contribution >= 4 is 27.7 Å². The van der Waals surface area contributed by atoms with Crippen LogP contribution in [-0.2, 0) is 4.74 Å². The molecule has 1 amide bonds. The molecule has 1 saturated heterocycles. The van der Waals surface area contributed by atoms with Crippen molar-refractivity contribution in [3.05, 3.63) is 60.3 Å². The van der Waals surface area contributed by atoms with E-state index in [9.17, 15) is 4.79 Å². The van der Waals surface area contributed by atoms with Gasteiger partial charge in [0, 0.05) is 18.7 Å². The first-order valence-corrected chi connectivity index (χ1v) is 9.52. The molecular formula is C22H20N4O2. The van der Waals surface area contributed by atoms with Crippen molar-refractivity contribution in [2.24, 2.45) is 0 Å². The number of nitrogens with zero attached hydrogens (tertiary/aromatic N) is 2. The molecule has 1 aliphatic rings. The average Bonchev–Trinajstić information content (AvgIpc) is 3.41. The Balaban J connectivity index is 1.46. The third-order valence-electron chi connectivity index (χ3n) is 5.18. The fraction of sp³-hybridized carbons (Fsp3) is 0.227. The molecule has 1 atom stereocenters. The van der Waals surface area contributed by atoms with Crippen LogP contribution in [-0.4, -0.2) is 40.3 Å². The zero-order valence-electron chi connectivity index (χ0n) is 15.3. The van der Waals surface area contributed by atoms with Gasteiger partial charge in [0.15, 0.2) is 0 Å². The largest absolute Gasteiger partial charge is 0.376 e. The first kappa shape index (κ1) is 16.9. The molecule has 0 aliphatic carbocycles. The van der Waals surface area contributed by atoms with Crippen LogP contribution in [0.5, 0.6) is 0 Å². The van der Waals surface area contributed by atoms with Gasteiger partial charge in [-0.15, -0.1) is 0 Å². The van der Waals surface area contributed by atoms with Crippen molar-refractivity contribution in [1.82, 2.24) is 20.5 Å². The van der Waals surface area contributed by atoms with Gasteiger partial charge in [0.2, 0.25) is 0 Å². The molecule has 140 valence electrons. The van der Waals surface area contributed by atoms with Crippen LogP contribution in [0.25, 0.3) is 33.1 Å². The predicted molar refractivity (Wildman–Crippen MR) is 108 cm³/mol. The van der Waals surface area contributed by atoms with Gasteiger partial charge in [-0.1, -0.05) is 36.4 Å². The van der Waals surface area contributed by atoms with E-state index in [1.807, 2.05) is 24.3 Å². The van der Waals surface area contributed by atoms with Crippen LogP contribution in [0.2, 0.25) is 0 Å². The van der Waals surface area contributed by atoms with E-state index in [0.29, 0.717) is 17.8 Å². The van der Waals surface area contributed by atoms with Crippen molar-refractivity contribution in [3.63, 3.8) is 0 Å². The molecule has 3 heterocycles. The molecule has 0 saturated carbocycles. The summed E-state index contributed by atoms with van der Waals surface area (Å²) < 4.78 is 5.56. The van der Waals surface area contributed by atoms with Gasteiger partial charge >= 0.3 is 0 Å². The number of carbonyl (C=O) groups excluding carboxylic acids is 1. The number of rotatable bonds is 4. The summed E-state index contributed by atoms with van der Waals surface area (Å²) in [5.74, 6) is -0.192. The standard InChI is InChI=1S/C22H20N4O2/c27-22(23-13-17-6-3-11-28-17)19-10-9-18-21(24-19)20(26-25-18)16-8-7-14-4-1-2-5-15(14)12-16/h1-2,4-5,7-10,12,17H,3,6,11,13H2,(H,23,27)(H,25,26). The number of hydrogen-bond donors (Lipinski definition) is 2. The number of aromatic nitrogens is 3. The first-order valence-electron chi connectivity index (χ1n) is 9.52. The summed E-state index contributed by atoms with van der Waals surface area (Å²) in [6.45, 7) is 1.29. The summed E-state index contributed by atoms with van der Waals surface area (Å²) in [6, 6.07) is 18.0. The maximum Gasteiger partial charge on any atom is 0.269 e. The van der Waals surface area contributed by atoms with Gasteiger partial charge < -0.3 is 10.1 Å². The first-order chi connectivity index (χ1) is 13.8. The summed E-state index contributed by atoms with van der Waals surface area (Å²) in [7, 11) is 0. The highest BCUT2D eigenvalue weighted by molar-refractivity contribution is 5.98. The Labute approximate surface area is 161 Å². The molecular weight excluding hydrogens is 352 g/mol. The number of benzene rings is 2. The molecule has 4 aromatic rings. The number of amides is 1. The van der Waals surface area contributed by atoms with Crippen molar-refractivity contribution in [2.75, 3.05) is 13.2 Å². The number of hydrogen-bond acceptors (Lipinski definition) is 4. The van der Waals surface area contributed by atoms with Crippen molar-refractivity contribution in [1.29, 1.82) is 0 Å². The lowest BCUT2D eigenvalue weighted by molar-refractivity contribution is 0.0854. The number of carbonyl (C=O) groups is 1. The minimum Gasteiger partial charge on any atom is -0.376 e. The van der Waals surface area contributed by atoms with Crippen LogP contribution in [0, 0.1) is 0 Å². The van der Waals surface area contributed by atoms with Gasteiger partial charge in [0.05, 0.1) is 11.6 Å². The fourth-order valence-corrected chi connectivity index (χ4v) is 3.67. The Kier molecular flexibility index (Phi) is 4.25. The lowest BCUT2D eigenvalue weighted by Crippen LogP contribution is -2.32. The fourth-order valence-electron chi connectivity index (χ4n) is 3.67. The molecule has 1 fully saturated rings. The topological polar surface area (TPSA) is 79.9 Å². The number of pyridine rings is 1. The molecule has 28 heavy (non-hydrogen) atoms. The second kappa shape index (κ2) is 7.05. The second-order valence-corrected chi connectivity index (χ2v) is 7.07. The highest BCUT2D eigenvalue weighted by atomic mass is 16.5. The molecule has 1 unspecified atom stereocenters. The van der Waals surface area contributed by atoms with E-state index >= 15 is 0 Å². The summed E-state index contributed by atoms with van der Waals surface area (Å²) in [5.41, 5.74) is 3.59. The van der Waals surface area contributed by atoms with Crippen molar-refractivity contribution < 1.29 is 9.53 Å². The number of fused-ring (bicyclic) bond motifs is 2. The van der Waals surface area contributed by atoms with Crippen LogP contribution >= 0.6 is 0 Å². The molecule has 0 bridgehead atoms. The van der Waals surface area contributed by atoms with Crippen LogP contribution in [0.4, 0.5) is 0 Å². The quantitative estimate of drug-likeness (QED) is 0.573. The second-order valence-electron chi connectivity index (χ2n) is 7.07. The minimum absolute atomic E-state index is 0.106. The Morgan fingerprint density at radius 2 is 2.04 bits per heavy atom. The summed E-state index contributed by atoms with van der Waals surface area (Å²) in [6.07, 6.45) is 2.14. The molecule has 0 spiro atoms. The Morgan fingerprint density at radius 1 is 1.14 bits per heavy atom. The van der Waals surface area contributed by atoms with E-state index in [0.717, 1.165) is 41.6 Å². The normalized spacial score (nSPS) is 16.6. The zero-order chi connectivity index (χ0) is 18.9. The summed E-state index contributed by atoms with van der Waals surface area (Å²) >= 11 is 0. The van der Waals surface area contributed by atoms with E-state index in [-0.39, 0.29) is 12.0 Å². The molecule has 2 aromatic heterocycles. The highest BCUT2D eigenvalue weighted by Gasteiger charge is 2.18. The monoisotopic (exact) mass is 372 g/mol. The highest BCUT2D eigenvalue weighted by Crippen LogP contribution is 2.28. The minimum atomic E-state index is -0.192.